The molecule has 0 bridgehead atoms. The molecule has 5 nitrogen and oxygen atoms in total. The third-order valence-corrected chi connectivity index (χ3v) is 4.13. The molecule has 3 aromatic carbocycles. The number of carbonyl (C=O) groups excluding carboxylic acids is 1. The van der Waals surface area contributed by atoms with Gasteiger partial charge in [-0.25, -0.2) is 4.39 Å². The fourth-order valence-electron chi connectivity index (χ4n) is 2.64. The fraction of sp³-hybridized carbons (Fsp3) is 0.0870. The molecule has 0 fully saturated rings. The zero-order valence-corrected chi connectivity index (χ0v) is 15.8. The number of hydrogen-bond donors (Lipinski definition) is 2. The Morgan fingerprint density at radius 1 is 1.07 bits per heavy atom. The number of phenolic OH excluding ortho intramolecular Hbond substituents is 1. The molecule has 0 atom stereocenters. The minimum atomic E-state index is -0.445. The van der Waals surface area contributed by atoms with Gasteiger partial charge in [-0.3, -0.25) is 4.79 Å². The van der Waals surface area contributed by atoms with Crippen molar-refractivity contribution < 1.29 is 23.8 Å². The van der Waals surface area contributed by atoms with Crippen LogP contribution in [0.15, 0.2) is 72.8 Å². The summed E-state index contributed by atoms with van der Waals surface area (Å²) in [7, 11) is 1.46. The maximum atomic E-state index is 13.7. The minimum Gasteiger partial charge on any atom is -0.504 e. The zero-order chi connectivity index (χ0) is 20.6. The highest BCUT2D eigenvalue weighted by Gasteiger charge is 2.08. The molecule has 0 heterocycles. The van der Waals surface area contributed by atoms with Gasteiger partial charge in [0, 0.05) is 17.3 Å². The van der Waals surface area contributed by atoms with Crippen LogP contribution in [0.5, 0.6) is 17.2 Å². The average Bonchev–Trinajstić information content (AvgIpc) is 2.73. The quantitative estimate of drug-likeness (QED) is 0.568. The van der Waals surface area contributed by atoms with Gasteiger partial charge < -0.3 is 19.9 Å². The van der Waals surface area contributed by atoms with Crippen LogP contribution in [0.1, 0.15) is 11.1 Å². The summed E-state index contributed by atoms with van der Waals surface area (Å²) in [5.74, 6) is -0.299. The van der Waals surface area contributed by atoms with Crippen LogP contribution < -0.4 is 14.8 Å². The summed E-state index contributed by atoms with van der Waals surface area (Å²) in [6.45, 7) is 0.105. The number of aromatic hydroxyl groups is 1. The summed E-state index contributed by atoms with van der Waals surface area (Å²) < 4.78 is 24.2. The maximum absolute atomic E-state index is 13.7. The van der Waals surface area contributed by atoms with Gasteiger partial charge in [0.05, 0.1) is 7.11 Å². The highest BCUT2D eigenvalue weighted by molar-refractivity contribution is 6.02. The summed E-state index contributed by atoms with van der Waals surface area (Å²) in [5, 5.41) is 12.6. The van der Waals surface area contributed by atoms with E-state index in [1.807, 2.05) is 6.07 Å². The number of halogens is 1. The fourth-order valence-corrected chi connectivity index (χ4v) is 2.64. The third kappa shape index (κ3) is 5.35. The highest BCUT2D eigenvalue weighted by atomic mass is 19.1. The number of hydrogen-bond acceptors (Lipinski definition) is 4. The molecule has 3 rings (SSSR count). The Labute approximate surface area is 168 Å². The molecule has 0 aromatic heterocycles. The molecule has 29 heavy (non-hydrogen) atoms. The number of carbonyl (C=O) groups is 1. The topological polar surface area (TPSA) is 67.8 Å². The molecule has 1 amide bonds. The van der Waals surface area contributed by atoms with E-state index < -0.39 is 5.82 Å². The molecule has 6 heteroatoms. The van der Waals surface area contributed by atoms with E-state index >= 15 is 0 Å². The molecule has 0 aliphatic rings. The van der Waals surface area contributed by atoms with Crippen molar-refractivity contribution in [2.45, 2.75) is 6.61 Å². The van der Waals surface area contributed by atoms with E-state index in [4.69, 9.17) is 9.47 Å². The van der Waals surface area contributed by atoms with Crippen molar-refractivity contribution in [3.63, 3.8) is 0 Å². The number of para-hydroxylation sites is 2. The van der Waals surface area contributed by atoms with E-state index in [0.717, 1.165) is 0 Å². The molecule has 0 aliphatic carbocycles. The summed E-state index contributed by atoms with van der Waals surface area (Å²) >= 11 is 0. The second-order valence-corrected chi connectivity index (χ2v) is 6.13. The van der Waals surface area contributed by atoms with Crippen molar-refractivity contribution >= 4 is 17.7 Å². The third-order valence-electron chi connectivity index (χ3n) is 4.13. The van der Waals surface area contributed by atoms with Gasteiger partial charge in [-0.05, 0) is 42.0 Å². The number of rotatable bonds is 7. The Morgan fingerprint density at radius 2 is 1.83 bits per heavy atom. The van der Waals surface area contributed by atoms with Crippen molar-refractivity contribution in [3.05, 3.63) is 89.8 Å². The van der Waals surface area contributed by atoms with E-state index in [9.17, 15) is 14.3 Å². The predicted octanol–water partition coefficient (Wildman–Crippen LogP) is 4.77. The Morgan fingerprint density at radius 3 is 2.59 bits per heavy atom. The molecule has 2 N–H and O–H groups in total. The van der Waals surface area contributed by atoms with Gasteiger partial charge in [0.1, 0.15) is 6.61 Å². The standard InChI is InChI=1S/C23H20FNO4/c1-28-22-12-10-16(14-20(22)26)11-13-23(27)25-19-8-4-2-6-17(19)15-29-21-9-5-3-7-18(21)24/h2-14,26H,15H2,1H3,(H,25,27)/b13-11+. The van der Waals surface area contributed by atoms with Crippen LogP contribution in [0.25, 0.3) is 6.08 Å². The van der Waals surface area contributed by atoms with Crippen molar-refractivity contribution in [3.8, 4) is 17.2 Å². The molecule has 0 spiro atoms. The Kier molecular flexibility index (Phi) is 6.47. The number of phenols is 1. The number of nitrogens with one attached hydrogen (secondary N) is 1. The highest BCUT2D eigenvalue weighted by Crippen LogP contribution is 2.26. The summed E-state index contributed by atoms with van der Waals surface area (Å²) in [5.41, 5.74) is 1.92. The first kappa shape index (κ1) is 19.9. The molecule has 148 valence electrons. The van der Waals surface area contributed by atoms with Crippen LogP contribution in [-0.2, 0) is 11.4 Å². The minimum absolute atomic E-state index is 0.00861. The number of amides is 1. The van der Waals surface area contributed by atoms with E-state index in [1.165, 1.54) is 25.3 Å². The Bertz CT molecular complexity index is 1030. The first-order valence-corrected chi connectivity index (χ1v) is 8.88. The molecule has 0 saturated carbocycles. The van der Waals surface area contributed by atoms with Crippen LogP contribution in [0, 0.1) is 5.82 Å². The lowest BCUT2D eigenvalue weighted by Crippen LogP contribution is -2.11. The second-order valence-electron chi connectivity index (χ2n) is 6.13. The molecular formula is C23H20FNO4. The Hall–Kier alpha value is -3.80. The number of methoxy groups -OCH3 is 1. The lowest BCUT2D eigenvalue weighted by Gasteiger charge is -2.12. The van der Waals surface area contributed by atoms with Crippen molar-refractivity contribution in [2.24, 2.45) is 0 Å². The molecule has 3 aromatic rings. The first-order valence-electron chi connectivity index (χ1n) is 8.88. The molecule has 0 unspecified atom stereocenters. The van der Waals surface area contributed by atoms with Gasteiger partial charge in [0.25, 0.3) is 0 Å². The average molecular weight is 393 g/mol. The second kappa shape index (κ2) is 9.41. The molecular weight excluding hydrogens is 373 g/mol. The van der Waals surface area contributed by atoms with E-state index in [0.29, 0.717) is 22.6 Å². The smallest absolute Gasteiger partial charge is 0.248 e. The van der Waals surface area contributed by atoms with Crippen LogP contribution in [0.2, 0.25) is 0 Å². The van der Waals surface area contributed by atoms with Crippen LogP contribution in [0.4, 0.5) is 10.1 Å². The summed E-state index contributed by atoms with van der Waals surface area (Å²) in [6, 6.07) is 18.1. The van der Waals surface area contributed by atoms with Crippen LogP contribution in [-0.4, -0.2) is 18.1 Å². The predicted molar refractivity (Wildman–Crippen MR) is 109 cm³/mol. The first-order chi connectivity index (χ1) is 14.1. The maximum Gasteiger partial charge on any atom is 0.248 e. The largest absolute Gasteiger partial charge is 0.504 e. The van der Waals surface area contributed by atoms with Crippen LogP contribution in [0.3, 0.4) is 0 Å². The lowest BCUT2D eigenvalue weighted by atomic mass is 10.1. The molecule has 0 aliphatic heterocycles. The van der Waals surface area contributed by atoms with E-state index in [2.05, 4.69) is 5.32 Å². The number of anilines is 1. The molecule has 0 saturated heterocycles. The van der Waals surface area contributed by atoms with Gasteiger partial charge in [-0.2, -0.15) is 0 Å². The normalized spacial score (nSPS) is 10.7. The monoisotopic (exact) mass is 393 g/mol. The number of ether oxygens (including phenoxy) is 2. The van der Waals surface area contributed by atoms with Crippen molar-refractivity contribution in [1.29, 1.82) is 0 Å². The van der Waals surface area contributed by atoms with Crippen molar-refractivity contribution in [1.82, 2.24) is 0 Å². The van der Waals surface area contributed by atoms with Gasteiger partial charge in [-0.15, -0.1) is 0 Å². The SMILES string of the molecule is COc1ccc(/C=C/C(=O)Nc2ccccc2COc2ccccc2F)cc1O. The van der Waals surface area contributed by atoms with E-state index in [-0.39, 0.29) is 24.0 Å². The number of benzene rings is 3. The molecule has 0 radical (unpaired) electrons. The van der Waals surface area contributed by atoms with E-state index in [1.54, 1.807) is 54.6 Å². The summed E-state index contributed by atoms with van der Waals surface area (Å²) in [6.07, 6.45) is 2.93. The van der Waals surface area contributed by atoms with Crippen molar-refractivity contribution in [2.75, 3.05) is 12.4 Å². The zero-order valence-electron chi connectivity index (χ0n) is 15.8. The summed E-state index contributed by atoms with van der Waals surface area (Å²) in [4.78, 5) is 12.3. The van der Waals surface area contributed by atoms with Gasteiger partial charge in [-0.1, -0.05) is 36.4 Å². The van der Waals surface area contributed by atoms with Gasteiger partial charge in [0.15, 0.2) is 23.1 Å². The lowest BCUT2D eigenvalue weighted by molar-refractivity contribution is -0.111. The van der Waals surface area contributed by atoms with Crippen LogP contribution >= 0.6 is 0 Å². The Balaban J connectivity index is 1.66. The van der Waals surface area contributed by atoms with Gasteiger partial charge in [0.2, 0.25) is 5.91 Å². The van der Waals surface area contributed by atoms with Gasteiger partial charge >= 0.3 is 0 Å².